The van der Waals surface area contributed by atoms with E-state index in [-0.39, 0.29) is 36.3 Å². The molecule has 60 heavy (non-hydrogen) atoms. The average molecular weight is 810 g/mol. The first-order chi connectivity index (χ1) is 29.0. The third kappa shape index (κ3) is 7.19. The maximum absolute atomic E-state index is 13.3. The van der Waals surface area contributed by atoms with Crippen LogP contribution in [0.1, 0.15) is 77.0 Å². The molecular weight excluding hydrogens is 763 g/mol. The second-order valence-corrected chi connectivity index (χ2v) is 17.1. The Bertz CT molecular complexity index is 2430. The Morgan fingerprint density at radius 3 is 2.42 bits per heavy atom. The maximum Gasteiger partial charge on any atom is 0.262 e. The van der Waals surface area contributed by atoms with Gasteiger partial charge in [-0.15, -0.1) is 0 Å². The number of ether oxygens (including phenoxy) is 1. The summed E-state index contributed by atoms with van der Waals surface area (Å²) in [6.07, 6.45) is 6.21. The normalized spacial score (nSPS) is 23.2. The Morgan fingerprint density at radius 2 is 1.70 bits per heavy atom. The van der Waals surface area contributed by atoms with E-state index in [9.17, 15) is 24.0 Å². The highest BCUT2D eigenvalue weighted by molar-refractivity contribution is 6.23. The molecule has 5 amide bonds. The fourth-order valence-electron chi connectivity index (χ4n) is 9.31. The van der Waals surface area contributed by atoms with Crippen LogP contribution in [0.25, 0.3) is 15.7 Å². The van der Waals surface area contributed by atoms with E-state index < -0.39 is 29.7 Å². The standard InChI is InChI=1S/C45H47N9O6/c1-45(2)36(24-37(45)60-35-11-9-33(46-3)40-31(35)5-4-16-47-40)49-41(56)28-6-12-38(48-25-28)53-17-14-27(15-18-53)26-51-19-21-52(22-20-51)29-7-8-30-32(23-29)44(59)54(43(30)58)34-10-13-39(55)50-42(34)57/h4-9,11-12,16,23,25,27,34,36-37H,10,13-15,17-22,24,26H2,1-2H3,(H,49,56)(H,50,55,57)/t34?,36-,37?/m0/s1. The Kier molecular flexibility index (Phi) is 10.2. The number of carbonyl (C=O) groups excluding carboxylic acids is 5. The molecule has 3 atom stereocenters. The topological polar surface area (TPSA) is 162 Å². The molecule has 5 aliphatic rings. The van der Waals surface area contributed by atoms with Crippen LogP contribution in [-0.2, 0) is 9.59 Å². The summed E-state index contributed by atoms with van der Waals surface area (Å²) in [5, 5.41) is 6.24. The zero-order valence-electron chi connectivity index (χ0n) is 33.7. The first-order valence-corrected chi connectivity index (χ1v) is 20.7. The smallest absolute Gasteiger partial charge is 0.262 e. The number of carbonyl (C=O) groups is 5. The van der Waals surface area contributed by atoms with E-state index in [1.807, 2.05) is 36.4 Å². The van der Waals surface area contributed by atoms with Crippen LogP contribution in [-0.4, -0.2) is 113 Å². The molecule has 4 fully saturated rings. The Balaban J connectivity index is 0.721. The molecule has 1 saturated carbocycles. The molecule has 0 spiro atoms. The SMILES string of the molecule is [C-]#[N+]c1ccc(OC2C[C@H](NC(=O)c3ccc(N4CCC(CN5CCN(c6ccc7c(c6)C(=O)N(C6CCC(=O)NC6=O)C7=O)CC5)CC4)nc3)C2(C)C)c2cccnc12. The van der Waals surface area contributed by atoms with Crippen molar-refractivity contribution in [1.29, 1.82) is 0 Å². The van der Waals surface area contributed by atoms with Gasteiger partial charge in [0, 0.05) is 93.6 Å². The second kappa shape index (κ2) is 15.6. The number of piperidine rings is 2. The molecular formula is C45H47N9O6. The van der Waals surface area contributed by atoms with Crippen LogP contribution >= 0.6 is 0 Å². The van der Waals surface area contributed by atoms with Gasteiger partial charge in [0.1, 0.15) is 23.7 Å². The second-order valence-electron chi connectivity index (χ2n) is 17.1. The van der Waals surface area contributed by atoms with Crippen molar-refractivity contribution in [3.63, 3.8) is 0 Å². The number of aromatic nitrogens is 2. The number of hydrogen-bond acceptors (Lipinski definition) is 11. The quantitative estimate of drug-likeness (QED) is 0.180. The first kappa shape index (κ1) is 39.1. The number of piperazine rings is 1. The highest BCUT2D eigenvalue weighted by atomic mass is 16.5. The van der Waals surface area contributed by atoms with Crippen LogP contribution in [0.5, 0.6) is 5.75 Å². The number of hydrogen-bond donors (Lipinski definition) is 2. The molecule has 2 N–H and O–H groups in total. The minimum atomic E-state index is -0.977. The van der Waals surface area contributed by atoms with Crippen molar-refractivity contribution in [2.45, 2.75) is 64.1 Å². The fourth-order valence-corrected chi connectivity index (χ4v) is 9.31. The van der Waals surface area contributed by atoms with Crippen molar-refractivity contribution in [3.8, 4) is 5.75 Å². The van der Waals surface area contributed by atoms with E-state index >= 15 is 0 Å². The van der Waals surface area contributed by atoms with Gasteiger partial charge in [-0.3, -0.25) is 44.1 Å². The number of amides is 5. The van der Waals surface area contributed by atoms with Crippen molar-refractivity contribution in [1.82, 2.24) is 30.4 Å². The Morgan fingerprint density at radius 1 is 0.917 bits per heavy atom. The first-order valence-electron chi connectivity index (χ1n) is 20.7. The molecule has 0 radical (unpaired) electrons. The summed E-state index contributed by atoms with van der Waals surface area (Å²) in [5.41, 5.74) is 2.79. The van der Waals surface area contributed by atoms with Gasteiger partial charge < -0.3 is 19.9 Å². The predicted molar refractivity (Wildman–Crippen MR) is 223 cm³/mol. The average Bonchev–Trinajstić information content (AvgIpc) is 3.51. The lowest BCUT2D eigenvalue weighted by Crippen LogP contribution is -2.63. The molecule has 6 heterocycles. The van der Waals surface area contributed by atoms with Gasteiger partial charge in [-0.25, -0.2) is 9.83 Å². The van der Waals surface area contributed by atoms with E-state index in [4.69, 9.17) is 16.3 Å². The minimum Gasteiger partial charge on any atom is -0.489 e. The number of rotatable bonds is 9. The van der Waals surface area contributed by atoms with E-state index in [1.165, 1.54) is 0 Å². The summed E-state index contributed by atoms with van der Waals surface area (Å²) in [7, 11) is 0. The van der Waals surface area contributed by atoms with E-state index in [0.29, 0.717) is 46.0 Å². The van der Waals surface area contributed by atoms with Crippen LogP contribution in [0.15, 0.2) is 67.0 Å². The maximum atomic E-state index is 13.3. The van der Waals surface area contributed by atoms with Gasteiger partial charge in [-0.2, -0.15) is 0 Å². The monoisotopic (exact) mass is 809 g/mol. The lowest BCUT2D eigenvalue weighted by atomic mass is 9.64. The minimum absolute atomic E-state index is 0.0693. The molecule has 9 rings (SSSR count). The van der Waals surface area contributed by atoms with Crippen LogP contribution in [0.4, 0.5) is 17.2 Å². The van der Waals surface area contributed by atoms with Crippen molar-refractivity contribution in [2.24, 2.45) is 11.3 Å². The lowest BCUT2D eigenvalue weighted by Gasteiger charge is -2.51. The number of pyridine rings is 2. The van der Waals surface area contributed by atoms with Crippen molar-refractivity contribution in [3.05, 3.63) is 95.1 Å². The lowest BCUT2D eigenvalue weighted by molar-refractivity contribution is -0.136. The molecule has 4 aliphatic heterocycles. The number of anilines is 2. The van der Waals surface area contributed by atoms with Gasteiger partial charge in [-0.05, 0) is 73.7 Å². The van der Waals surface area contributed by atoms with Crippen molar-refractivity contribution in [2.75, 3.05) is 55.6 Å². The largest absolute Gasteiger partial charge is 0.489 e. The molecule has 2 aromatic heterocycles. The summed E-state index contributed by atoms with van der Waals surface area (Å²) in [4.78, 5) is 84.6. The zero-order valence-corrected chi connectivity index (χ0v) is 33.7. The number of nitrogens with one attached hydrogen (secondary N) is 2. The highest BCUT2D eigenvalue weighted by Crippen LogP contribution is 2.45. The van der Waals surface area contributed by atoms with Crippen molar-refractivity contribution < 1.29 is 28.7 Å². The summed E-state index contributed by atoms with van der Waals surface area (Å²) < 4.78 is 6.44. The van der Waals surface area contributed by atoms with Gasteiger partial charge in [-0.1, -0.05) is 19.9 Å². The van der Waals surface area contributed by atoms with Gasteiger partial charge in [0.15, 0.2) is 0 Å². The van der Waals surface area contributed by atoms with Crippen LogP contribution in [0, 0.1) is 17.9 Å². The summed E-state index contributed by atoms with van der Waals surface area (Å²) in [6, 6.07) is 15.4. The van der Waals surface area contributed by atoms with Gasteiger partial charge in [0.05, 0.1) is 28.8 Å². The molecule has 1 aliphatic carbocycles. The van der Waals surface area contributed by atoms with Crippen LogP contribution < -0.4 is 25.2 Å². The van der Waals surface area contributed by atoms with Gasteiger partial charge >= 0.3 is 0 Å². The molecule has 4 aromatic rings. The number of benzene rings is 2. The molecule has 2 aromatic carbocycles. The van der Waals surface area contributed by atoms with E-state index in [0.717, 1.165) is 80.4 Å². The summed E-state index contributed by atoms with van der Waals surface area (Å²) >= 11 is 0. The Hall–Kier alpha value is -6.40. The van der Waals surface area contributed by atoms with E-state index in [1.54, 1.807) is 30.6 Å². The van der Waals surface area contributed by atoms with E-state index in [2.05, 4.69) is 49.0 Å². The number of nitrogens with zero attached hydrogens (tertiary/aromatic N) is 7. The van der Waals surface area contributed by atoms with Crippen LogP contribution in [0.3, 0.4) is 0 Å². The van der Waals surface area contributed by atoms with Gasteiger partial charge in [0.25, 0.3) is 17.7 Å². The van der Waals surface area contributed by atoms with Crippen LogP contribution in [0.2, 0.25) is 0 Å². The fraction of sp³-hybridized carbons (Fsp3) is 0.422. The third-order valence-corrected chi connectivity index (χ3v) is 13.2. The molecule has 15 heteroatoms. The zero-order chi connectivity index (χ0) is 41.7. The number of imide groups is 2. The number of fused-ring (bicyclic) bond motifs is 2. The molecule has 15 nitrogen and oxygen atoms in total. The molecule has 3 saturated heterocycles. The Labute approximate surface area is 347 Å². The summed E-state index contributed by atoms with van der Waals surface area (Å²) in [5.74, 6) is -0.0203. The molecule has 2 unspecified atom stereocenters. The van der Waals surface area contributed by atoms with Gasteiger partial charge in [0.2, 0.25) is 17.5 Å². The molecule has 308 valence electrons. The molecule has 0 bridgehead atoms. The van der Waals surface area contributed by atoms with Crippen molar-refractivity contribution >= 4 is 57.6 Å². The summed E-state index contributed by atoms with van der Waals surface area (Å²) in [6.45, 7) is 17.8. The predicted octanol–water partition coefficient (Wildman–Crippen LogP) is 4.60. The highest BCUT2D eigenvalue weighted by Gasteiger charge is 2.51. The third-order valence-electron chi connectivity index (χ3n) is 13.2.